The molecule has 2 heteroatoms. The standard InChI is InChI=1S/C15H29NSi/c1-14(2,3)13-11(16-15(4,5)6)9-10-12(13)17(7)8/h10,16-17H,9H2,1-8H3. The zero-order valence-electron chi connectivity index (χ0n) is 12.9. The molecule has 17 heavy (non-hydrogen) atoms. The number of nitrogens with one attached hydrogen (secondary N) is 1. The van der Waals surface area contributed by atoms with E-state index in [1.807, 2.05) is 0 Å². The molecular formula is C15H29NSi. The van der Waals surface area contributed by atoms with Gasteiger partial charge in [0, 0.05) is 17.7 Å². The average Bonchev–Trinajstić information content (AvgIpc) is 2.43. The molecule has 0 saturated carbocycles. The van der Waals surface area contributed by atoms with Crippen LogP contribution in [-0.4, -0.2) is 14.3 Å². The maximum Gasteiger partial charge on any atom is 0.0648 e. The third-order valence-electron chi connectivity index (χ3n) is 3.01. The normalized spacial score (nSPS) is 17.8. The van der Waals surface area contributed by atoms with Crippen LogP contribution in [-0.2, 0) is 0 Å². The average molecular weight is 251 g/mol. The van der Waals surface area contributed by atoms with Crippen molar-refractivity contribution in [1.29, 1.82) is 0 Å². The molecule has 1 aliphatic carbocycles. The van der Waals surface area contributed by atoms with Gasteiger partial charge in [0.15, 0.2) is 0 Å². The molecule has 0 radical (unpaired) electrons. The molecule has 0 spiro atoms. The Labute approximate surface area is 109 Å². The van der Waals surface area contributed by atoms with Gasteiger partial charge in [-0.05, 0) is 31.8 Å². The fraction of sp³-hybridized carbons (Fsp3) is 0.733. The summed E-state index contributed by atoms with van der Waals surface area (Å²) in [5.41, 5.74) is 3.47. The van der Waals surface area contributed by atoms with E-state index in [0.717, 1.165) is 6.42 Å². The van der Waals surface area contributed by atoms with E-state index in [4.69, 9.17) is 0 Å². The van der Waals surface area contributed by atoms with Crippen molar-refractivity contribution >= 4 is 8.80 Å². The Kier molecular flexibility index (Phi) is 3.97. The summed E-state index contributed by atoms with van der Waals surface area (Å²) in [7, 11) is -0.724. The van der Waals surface area contributed by atoms with E-state index < -0.39 is 8.80 Å². The van der Waals surface area contributed by atoms with Gasteiger partial charge in [-0.1, -0.05) is 45.1 Å². The van der Waals surface area contributed by atoms with Gasteiger partial charge in [0.2, 0.25) is 0 Å². The third-order valence-corrected chi connectivity index (χ3v) is 4.78. The first kappa shape index (κ1) is 14.6. The van der Waals surface area contributed by atoms with E-state index in [9.17, 15) is 0 Å². The summed E-state index contributed by atoms with van der Waals surface area (Å²) < 4.78 is 0. The van der Waals surface area contributed by atoms with Crippen LogP contribution in [0.5, 0.6) is 0 Å². The van der Waals surface area contributed by atoms with Gasteiger partial charge < -0.3 is 5.32 Å². The van der Waals surface area contributed by atoms with E-state index >= 15 is 0 Å². The molecule has 0 heterocycles. The number of hydrogen-bond acceptors (Lipinski definition) is 1. The fourth-order valence-electron chi connectivity index (χ4n) is 2.57. The van der Waals surface area contributed by atoms with Crippen LogP contribution in [0.3, 0.4) is 0 Å². The second-order valence-corrected chi connectivity index (χ2v) is 10.4. The van der Waals surface area contributed by atoms with Gasteiger partial charge in [0.1, 0.15) is 0 Å². The molecule has 0 aromatic heterocycles. The molecule has 0 saturated heterocycles. The molecule has 1 N–H and O–H groups in total. The van der Waals surface area contributed by atoms with Gasteiger partial charge in [-0.2, -0.15) is 0 Å². The van der Waals surface area contributed by atoms with E-state index in [2.05, 4.69) is 66.0 Å². The first-order chi connectivity index (χ1) is 7.52. The van der Waals surface area contributed by atoms with Crippen molar-refractivity contribution in [2.45, 2.75) is 66.6 Å². The molecule has 0 fully saturated rings. The lowest BCUT2D eigenvalue weighted by Crippen LogP contribution is -2.36. The van der Waals surface area contributed by atoms with Gasteiger partial charge in [0.05, 0.1) is 8.80 Å². The third kappa shape index (κ3) is 3.73. The zero-order chi connectivity index (χ0) is 13.4. The number of allylic oxidation sites excluding steroid dienone is 3. The highest BCUT2D eigenvalue weighted by atomic mass is 28.3. The van der Waals surface area contributed by atoms with Crippen LogP contribution in [0.2, 0.25) is 13.1 Å². The van der Waals surface area contributed by atoms with Gasteiger partial charge in [0.25, 0.3) is 0 Å². The Morgan fingerprint density at radius 3 is 1.94 bits per heavy atom. The van der Waals surface area contributed by atoms with Crippen LogP contribution in [0.25, 0.3) is 0 Å². The molecule has 1 aliphatic rings. The van der Waals surface area contributed by atoms with Crippen molar-refractivity contribution in [3.8, 4) is 0 Å². The summed E-state index contributed by atoms with van der Waals surface area (Å²) in [6.45, 7) is 18.6. The smallest absolute Gasteiger partial charge is 0.0648 e. The van der Waals surface area contributed by atoms with Crippen molar-refractivity contribution in [3.05, 3.63) is 22.5 Å². The maximum absolute atomic E-state index is 3.71. The highest BCUT2D eigenvalue weighted by Gasteiger charge is 2.30. The highest BCUT2D eigenvalue weighted by Crippen LogP contribution is 2.40. The second kappa shape index (κ2) is 4.64. The SMILES string of the molecule is C[SiH](C)C1=CCC(NC(C)(C)C)=C1C(C)(C)C. The summed E-state index contributed by atoms with van der Waals surface area (Å²) in [4.78, 5) is 0. The molecule has 0 atom stereocenters. The van der Waals surface area contributed by atoms with Crippen molar-refractivity contribution in [2.24, 2.45) is 5.41 Å². The topological polar surface area (TPSA) is 12.0 Å². The Bertz CT molecular complexity index is 348. The van der Waals surface area contributed by atoms with E-state index in [-0.39, 0.29) is 11.0 Å². The molecule has 1 nitrogen and oxygen atoms in total. The molecular weight excluding hydrogens is 222 g/mol. The van der Waals surface area contributed by atoms with Crippen molar-refractivity contribution in [1.82, 2.24) is 5.32 Å². The predicted molar refractivity (Wildman–Crippen MR) is 80.9 cm³/mol. The minimum Gasteiger partial charge on any atom is -0.383 e. The quantitative estimate of drug-likeness (QED) is 0.731. The molecule has 0 aliphatic heterocycles. The highest BCUT2D eigenvalue weighted by molar-refractivity contribution is 6.65. The van der Waals surface area contributed by atoms with E-state index in [0.29, 0.717) is 0 Å². The van der Waals surface area contributed by atoms with E-state index in [1.165, 1.54) is 5.70 Å². The molecule has 0 aromatic carbocycles. The molecule has 0 unspecified atom stereocenters. The maximum atomic E-state index is 3.71. The van der Waals surface area contributed by atoms with Gasteiger partial charge in [-0.15, -0.1) is 0 Å². The molecule has 98 valence electrons. The van der Waals surface area contributed by atoms with Crippen LogP contribution < -0.4 is 5.32 Å². The minimum absolute atomic E-state index is 0.160. The Hall–Kier alpha value is -0.503. The first-order valence-corrected chi connectivity index (χ1v) is 9.63. The molecule has 0 bridgehead atoms. The van der Waals surface area contributed by atoms with Crippen LogP contribution in [0.4, 0.5) is 0 Å². The summed E-state index contributed by atoms with van der Waals surface area (Å²) >= 11 is 0. The van der Waals surface area contributed by atoms with Gasteiger partial charge >= 0.3 is 0 Å². The fourth-order valence-corrected chi connectivity index (χ4v) is 4.34. The summed E-state index contributed by atoms with van der Waals surface area (Å²) in [6, 6.07) is 0. The number of rotatable bonds is 2. The molecule has 1 rings (SSSR count). The summed E-state index contributed by atoms with van der Waals surface area (Å²) in [6.07, 6.45) is 3.57. The van der Waals surface area contributed by atoms with Gasteiger partial charge in [-0.3, -0.25) is 0 Å². The Balaban J connectivity index is 3.12. The van der Waals surface area contributed by atoms with Crippen LogP contribution in [0, 0.1) is 5.41 Å². The predicted octanol–water partition coefficient (Wildman–Crippen LogP) is 4.03. The molecule has 0 aromatic rings. The zero-order valence-corrected chi connectivity index (χ0v) is 14.0. The van der Waals surface area contributed by atoms with Crippen LogP contribution in [0.15, 0.2) is 22.5 Å². The lowest BCUT2D eigenvalue weighted by Gasteiger charge is -2.31. The lowest BCUT2D eigenvalue weighted by atomic mass is 9.85. The van der Waals surface area contributed by atoms with Crippen molar-refractivity contribution < 1.29 is 0 Å². The van der Waals surface area contributed by atoms with Crippen LogP contribution >= 0.6 is 0 Å². The van der Waals surface area contributed by atoms with E-state index in [1.54, 1.807) is 10.8 Å². The molecule has 0 amide bonds. The second-order valence-electron chi connectivity index (χ2n) is 7.50. The number of hydrogen-bond donors (Lipinski definition) is 1. The van der Waals surface area contributed by atoms with Gasteiger partial charge in [-0.25, -0.2) is 0 Å². The van der Waals surface area contributed by atoms with Crippen molar-refractivity contribution in [2.75, 3.05) is 0 Å². The monoisotopic (exact) mass is 251 g/mol. The summed E-state index contributed by atoms with van der Waals surface area (Å²) in [5, 5.41) is 5.38. The minimum atomic E-state index is -0.724. The largest absolute Gasteiger partial charge is 0.383 e. The van der Waals surface area contributed by atoms with Crippen LogP contribution in [0.1, 0.15) is 48.0 Å². The summed E-state index contributed by atoms with van der Waals surface area (Å²) in [5.74, 6) is 0. The first-order valence-electron chi connectivity index (χ1n) is 6.74. The Morgan fingerprint density at radius 1 is 1.06 bits per heavy atom. The lowest BCUT2D eigenvalue weighted by molar-refractivity contribution is 0.448. The van der Waals surface area contributed by atoms with Crippen molar-refractivity contribution in [3.63, 3.8) is 0 Å². The Morgan fingerprint density at radius 2 is 1.59 bits per heavy atom.